The Morgan fingerprint density at radius 1 is 1.04 bits per heavy atom. The van der Waals surface area contributed by atoms with Crippen LogP contribution >= 0.6 is 0 Å². The standard InChI is InChI=1S/C16H25N3O4/c1-22-13-8-7-12(10-14(13)23-2)11-19-15(20)6-4-3-5-9-18-16(17)21/h7-8,10H,3-6,9,11H2,1-2H3,(H,19,20)(H3,17,18,21). The van der Waals surface area contributed by atoms with Crippen LogP contribution in [0.5, 0.6) is 11.5 Å². The molecule has 0 heterocycles. The number of rotatable bonds is 10. The van der Waals surface area contributed by atoms with Crippen molar-refractivity contribution in [2.45, 2.75) is 32.2 Å². The molecule has 128 valence electrons. The van der Waals surface area contributed by atoms with Crippen molar-refractivity contribution in [1.29, 1.82) is 0 Å². The number of nitrogens with two attached hydrogens (primary N) is 1. The van der Waals surface area contributed by atoms with E-state index in [0.29, 0.717) is 31.0 Å². The van der Waals surface area contributed by atoms with E-state index in [4.69, 9.17) is 15.2 Å². The molecule has 3 amide bonds. The van der Waals surface area contributed by atoms with Crippen molar-refractivity contribution >= 4 is 11.9 Å². The van der Waals surface area contributed by atoms with E-state index >= 15 is 0 Å². The van der Waals surface area contributed by atoms with E-state index in [2.05, 4.69) is 10.6 Å². The Morgan fingerprint density at radius 3 is 2.43 bits per heavy atom. The molecule has 0 aromatic heterocycles. The minimum Gasteiger partial charge on any atom is -0.493 e. The smallest absolute Gasteiger partial charge is 0.312 e. The summed E-state index contributed by atoms with van der Waals surface area (Å²) in [5, 5.41) is 5.39. The monoisotopic (exact) mass is 323 g/mol. The Kier molecular flexibility index (Phi) is 8.34. The topological polar surface area (TPSA) is 103 Å². The van der Waals surface area contributed by atoms with Gasteiger partial charge in [0.1, 0.15) is 0 Å². The first-order chi connectivity index (χ1) is 11.1. The normalized spacial score (nSPS) is 10.0. The summed E-state index contributed by atoms with van der Waals surface area (Å²) < 4.78 is 10.4. The second kappa shape index (κ2) is 10.3. The quantitative estimate of drug-likeness (QED) is 0.568. The number of unbranched alkanes of at least 4 members (excludes halogenated alkanes) is 2. The molecule has 0 radical (unpaired) electrons. The summed E-state index contributed by atoms with van der Waals surface area (Å²) in [5.41, 5.74) is 5.90. The van der Waals surface area contributed by atoms with Crippen LogP contribution in [-0.2, 0) is 11.3 Å². The Hall–Kier alpha value is -2.44. The Balaban J connectivity index is 2.24. The van der Waals surface area contributed by atoms with Crippen molar-refractivity contribution < 1.29 is 19.1 Å². The molecular formula is C16H25N3O4. The molecule has 7 nitrogen and oxygen atoms in total. The Bertz CT molecular complexity index is 520. The lowest BCUT2D eigenvalue weighted by atomic mass is 10.1. The van der Waals surface area contributed by atoms with Gasteiger partial charge in [-0.2, -0.15) is 0 Å². The van der Waals surface area contributed by atoms with E-state index in [1.165, 1.54) is 0 Å². The average Bonchev–Trinajstić information content (AvgIpc) is 2.55. The van der Waals surface area contributed by atoms with Crippen molar-refractivity contribution in [3.05, 3.63) is 23.8 Å². The first-order valence-electron chi connectivity index (χ1n) is 7.57. The van der Waals surface area contributed by atoms with Gasteiger partial charge in [0.15, 0.2) is 11.5 Å². The summed E-state index contributed by atoms with van der Waals surface area (Å²) in [4.78, 5) is 22.3. The second-order valence-corrected chi connectivity index (χ2v) is 5.07. The first-order valence-corrected chi connectivity index (χ1v) is 7.57. The predicted octanol–water partition coefficient (Wildman–Crippen LogP) is 1.55. The molecule has 0 saturated heterocycles. The van der Waals surface area contributed by atoms with Crippen LogP contribution in [0.3, 0.4) is 0 Å². The Morgan fingerprint density at radius 2 is 1.78 bits per heavy atom. The zero-order valence-corrected chi connectivity index (χ0v) is 13.7. The molecule has 0 fully saturated rings. The number of carbonyl (C=O) groups excluding carboxylic acids is 2. The van der Waals surface area contributed by atoms with Gasteiger partial charge in [-0.05, 0) is 30.5 Å². The number of primary amides is 1. The third kappa shape index (κ3) is 7.39. The van der Waals surface area contributed by atoms with Crippen molar-refractivity contribution in [1.82, 2.24) is 10.6 Å². The summed E-state index contributed by atoms with van der Waals surface area (Å²) >= 11 is 0. The van der Waals surface area contributed by atoms with Gasteiger partial charge in [-0.25, -0.2) is 4.79 Å². The number of amides is 3. The fourth-order valence-corrected chi connectivity index (χ4v) is 2.08. The number of methoxy groups -OCH3 is 2. The van der Waals surface area contributed by atoms with Gasteiger partial charge < -0.3 is 25.8 Å². The van der Waals surface area contributed by atoms with E-state index in [9.17, 15) is 9.59 Å². The number of ether oxygens (including phenoxy) is 2. The van der Waals surface area contributed by atoms with Gasteiger partial charge in [-0.3, -0.25) is 4.79 Å². The molecule has 0 spiro atoms. The lowest BCUT2D eigenvalue weighted by molar-refractivity contribution is -0.121. The van der Waals surface area contributed by atoms with E-state index < -0.39 is 6.03 Å². The number of benzene rings is 1. The van der Waals surface area contributed by atoms with Crippen LogP contribution in [0.1, 0.15) is 31.2 Å². The zero-order chi connectivity index (χ0) is 17.1. The maximum atomic E-state index is 11.8. The highest BCUT2D eigenvalue weighted by Crippen LogP contribution is 2.27. The fraction of sp³-hybridized carbons (Fsp3) is 0.500. The lowest BCUT2D eigenvalue weighted by Gasteiger charge is -2.10. The van der Waals surface area contributed by atoms with Gasteiger partial charge in [0.2, 0.25) is 5.91 Å². The van der Waals surface area contributed by atoms with Crippen LogP contribution in [0.2, 0.25) is 0 Å². The average molecular weight is 323 g/mol. The SMILES string of the molecule is COc1ccc(CNC(=O)CCCCCNC(N)=O)cc1OC. The molecule has 23 heavy (non-hydrogen) atoms. The molecule has 4 N–H and O–H groups in total. The highest BCUT2D eigenvalue weighted by molar-refractivity contribution is 5.75. The molecule has 0 atom stereocenters. The van der Waals surface area contributed by atoms with E-state index in [1.54, 1.807) is 14.2 Å². The predicted molar refractivity (Wildman–Crippen MR) is 87.4 cm³/mol. The minimum atomic E-state index is -0.516. The summed E-state index contributed by atoms with van der Waals surface area (Å²) in [6.07, 6.45) is 2.91. The van der Waals surface area contributed by atoms with Gasteiger partial charge in [-0.1, -0.05) is 12.5 Å². The minimum absolute atomic E-state index is 0.00245. The first kappa shape index (κ1) is 18.6. The van der Waals surface area contributed by atoms with Crippen molar-refractivity contribution in [3.63, 3.8) is 0 Å². The third-order valence-electron chi connectivity index (χ3n) is 3.32. The molecule has 1 aromatic rings. The van der Waals surface area contributed by atoms with Crippen molar-refractivity contribution in [2.24, 2.45) is 5.73 Å². The maximum Gasteiger partial charge on any atom is 0.312 e. The van der Waals surface area contributed by atoms with Crippen LogP contribution < -0.4 is 25.8 Å². The molecule has 1 aromatic carbocycles. The fourth-order valence-electron chi connectivity index (χ4n) is 2.08. The molecule has 0 saturated carbocycles. The summed E-state index contributed by atoms with van der Waals surface area (Å²) in [5.74, 6) is 1.30. The van der Waals surface area contributed by atoms with Crippen molar-refractivity contribution in [3.8, 4) is 11.5 Å². The van der Waals surface area contributed by atoms with Crippen molar-refractivity contribution in [2.75, 3.05) is 20.8 Å². The van der Waals surface area contributed by atoms with Crippen LogP contribution in [-0.4, -0.2) is 32.7 Å². The van der Waals surface area contributed by atoms with Crippen LogP contribution in [0.4, 0.5) is 4.79 Å². The number of nitrogens with one attached hydrogen (secondary N) is 2. The number of hydrogen-bond donors (Lipinski definition) is 3. The maximum absolute atomic E-state index is 11.8. The number of carbonyl (C=O) groups is 2. The lowest BCUT2D eigenvalue weighted by Crippen LogP contribution is -2.30. The van der Waals surface area contributed by atoms with Gasteiger partial charge in [0, 0.05) is 19.5 Å². The molecule has 0 unspecified atom stereocenters. The Labute approximate surface area is 136 Å². The molecule has 0 aliphatic heterocycles. The largest absolute Gasteiger partial charge is 0.493 e. The summed E-state index contributed by atoms with van der Waals surface area (Å²) in [6, 6.07) is 5.02. The molecule has 0 aliphatic rings. The van der Waals surface area contributed by atoms with Crippen LogP contribution in [0.15, 0.2) is 18.2 Å². The van der Waals surface area contributed by atoms with Gasteiger partial charge in [-0.15, -0.1) is 0 Å². The van der Waals surface area contributed by atoms with E-state index in [1.807, 2.05) is 18.2 Å². The second-order valence-electron chi connectivity index (χ2n) is 5.07. The summed E-state index contributed by atoms with van der Waals surface area (Å²) in [6.45, 7) is 0.991. The summed E-state index contributed by atoms with van der Waals surface area (Å²) in [7, 11) is 3.16. The van der Waals surface area contributed by atoms with Crippen LogP contribution in [0.25, 0.3) is 0 Å². The third-order valence-corrected chi connectivity index (χ3v) is 3.32. The number of urea groups is 1. The number of hydrogen-bond acceptors (Lipinski definition) is 4. The van der Waals surface area contributed by atoms with Gasteiger partial charge in [0.25, 0.3) is 0 Å². The van der Waals surface area contributed by atoms with Crippen LogP contribution in [0, 0.1) is 0 Å². The molecule has 7 heteroatoms. The van der Waals surface area contributed by atoms with Gasteiger partial charge in [0.05, 0.1) is 14.2 Å². The highest BCUT2D eigenvalue weighted by Gasteiger charge is 2.06. The molecule has 0 bridgehead atoms. The molecule has 0 aliphatic carbocycles. The zero-order valence-electron chi connectivity index (χ0n) is 13.7. The van der Waals surface area contributed by atoms with E-state index in [-0.39, 0.29) is 5.91 Å². The molecular weight excluding hydrogens is 298 g/mol. The van der Waals surface area contributed by atoms with E-state index in [0.717, 1.165) is 24.8 Å². The highest BCUT2D eigenvalue weighted by atomic mass is 16.5. The molecule has 1 rings (SSSR count). The van der Waals surface area contributed by atoms with Gasteiger partial charge >= 0.3 is 6.03 Å².